The molecule has 0 saturated heterocycles. The summed E-state index contributed by atoms with van der Waals surface area (Å²) in [5.41, 5.74) is 7.18. The second kappa shape index (κ2) is 11.1. The topological polar surface area (TPSA) is 70.1 Å². The molecular weight excluding hydrogens is 476 g/mol. The lowest BCUT2D eigenvalue weighted by atomic mass is 9.83. The second-order valence-electron chi connectivity index (χ2n) is 12.3. The van der Waals surface area contributed by atoms with Crippen molar-refractivity contribution in [3.05, 3.63) is 57.6 Å². The van der Waals surface area contributed by atoms with Gasteiger partial charge >= 0.3 is 12.0 Å². The molecule has 1 aliphatic carbocycles. The number of urea groups is 1. The van der Waals surface area contributed by atoms with Crippen LogP contribution in [-0.4, -0.2) is 46.1 Å². The number of hydrogen-bond donors (Lipinski definition) is 1. The molecule has 6 heteroatoms. The standard InChI is InChI=1S/C32H44N2O4/c1-20-13-15-24(16-14-20)27-21(2)25-18-34(31(37)33(7)17-23-11-9-8-10-12-23)19-26(25)22(3)28(27)29(30(35)36)38-32(4,5)6/h13-16,23,29H,8-12,17-19H2,1-7H3,(H,35,36). The molecule has 0 bridgehead atoms. The highest BCUT2D eigenvalue weighted by Gasteiger charge is 2.37. The van der Waals surface area contributed by atoms with E-state index in [0.29, 0.717) is 24.6 Å². The van der Waals surface area contributed by atoms with E-state index < -0.39 is 17.7 Å². The molecule has 0 radical (unpaired) electrons. The Labute approximate surface area is 228 Å². The van der Waals surface area contributed by atoms with Crippen LogP contribution < -0.4 is 0 Å². The van der Waals surface area contributed by atoms with E-state index in [0.717, 1.165) is 45.5 Å². The first-order chi connectivity index (χ1) is 17.9. The monoisotopic (exact) mass is 520 g/mol. The minimum Gasteiger partial charge on any atom is -0.479 e. The van der Waals surface area contributed by atoms with Crippen molar-refractivity contribution in [2.45, 2.75) is 98.4 Å². The Kier molecular flexibility index (Phi) is 8.22. The van der Waals surface area contributed by atoms with Gasteiger partial charge in [-0.1, -0.05) is 49.1 Å². The van der Waals surface area contributed by atoms with E-state index in [2.05, 4.69) is 31.2 Å². The summed E-state index contributed by atoms with van der Waals surface area (Å²) in [7, 11) is 1.92. The Morgan fingerprint density at radius 3 is 2.13 bits per heavy atom. The summed E-state index contributed by atoms with van der Waals surface area (Å²) in [6.07, 6.45) is 5.09. The van der Waals surface area contributed by atoms with Gasteiger partial charge < -0.3 is 19.6 Å². The van der Waals surface area contributed by atoms with Crippen LogP contribution in [-0.2, 0) is 22.6 Å². The molecule has 1 N–H and O–H groups in total. The molecule has 1 fully saturated rings. The molecule has 2 aliphatic rings. The number of ether oxygens (including phenoxy) is 1. The van der Waals surface area contributed by atoms with Crippen LogP contribution in [0.25, 0.3) is 11.1 Å². The molecular formula is C32H44N2O4. The highest BCUT2D eigenvalue weighted by molar-refractivity contribution is 5.85. The van der Waals surface area contributed by atoms with Crippen LogP contribution in [0, 0.1) is 26.7 Å². The van der Waals surface area contributed by atoms with Crippen LogP contribution >= 0.6 is 0 Å². The summed E-state index contributed by atoms with van der Waals surface area (Å²) in [5.74, 6) is -0.425. The number of carbonyl (C=O) groups excluding carboxylic acids is 1. The third kappa shape index (κ3) is 5.90. The van der Waals surface area contributed by atoms with Crippen molar-refractivity contribution in [1.29, 1.82) is 0 Å². The number of amides is 2. The molecule has 0 spiro atoms. The molecule has 38 heavy (non-hydrogen) atoms. The van der Waals surface area contributed by atoms with E-state index in [1.807, 2.05) is 51.5 Å². The molecule has 0 aromatic heterocycles. The van der Waals surface area contributed by atoms with E-state index in [1.54, 1.807) is 0 Å². The van der Waals surface area contributed by atoms with Gasteiger partial charge in [-0.15, -0.1) is 0 Å². The van der Waals surface area contributed by atoms with E-state index in [1.165, 1.54) is 32.1 Å². The van der Waals surface area contributed by atoms with Gasteiger partial charge in [-0.3, -0.25) is 0 Å². The van der Waals surface area contributed by atoms with Gasteiger partial charge in [0.15, 0.2) is 6.10 Å². The number of benzene rings is 2. The third-order valence-electron chi connectivity index (χ3n) is 8.17. The average molecular weight is 521 g/mol. The fourth-order valence-corrected chi connectivity index (χ4v) is 6.24. The van der Waals surface area contributed by atoms with Gasteiger partial charge in [0.25, 0.3) is 0 Å². The molecule has 2 amide bonds. The third-order valence-corrected chi connectivity index (χ3v) is 8.17. The van der Waals surface area contributed by atoms with Gasteiger partial charge in [-0.05, 0) is 93.7 Å². The fraction of sp³-hybridized carbons (Fsp3) is 0.562. The van der Waals surface area contributed by atoms with E-state index in [9.17, 15) is 14.7 Å². The number of carbonyl (C=O) groups is 2. The number of nitrogens with zero attached hydrogens (tertiary/aromatic N) is 2. The summed E-state index contributed by atoms with van der Waals surface area (Å²) in [6, 6.07) is 8.26. The summed E-state index contributed by atoms with van der Waals surface area (Å²) in [6.45, 7) is 13.6. The molecule has 6 nitrogen and oxygen atoms in total. The normalized spacial score (nSPS) is 16.9. The number of hydrogen-bond acceptors (Lipinski definition) is 3. The zero-order chi connectivity index (χ0) is 27.8. The van der Waals surface area contributed by atoms with E-state index >= 15 is 0 Å². The first-order valence-corrected chi connectivity index (χ1v) is 14.0. The van der Waals surface area contributed by atoms with E-state index in [-0.39, 0.29) is 6.03 Å². The van der Waals surface area contributed by atoms with E-state index in [4.69, 9.17) is 4.74 Å². The molecule has 1 unspecified atom stereocenters. The first-order valence-electron chi connectivity index (χ1n) is 14.0. The van der Waals surface area contributed by atoms with Gasteiger partial charge in [0.1, 0.15) is 0 Å². The lowest BCUT2D eigenvalue weighted by Crippen LogP contribution is -2.40. The second-order valence-corrected chi connectivity index (χ2v) is 12.3. The highest BCUT2D eigenvalue weighted by Crippen LogP contribution is 2.44. The lowest BCUT2D eigenvalue weighted by Gasteiger charge is -2.30. The van der Waals surface area contributed by atoms with Gasteiger partial charge in [0, 0.05) is 32.2 Å². The van der Waals surface area contributed by atoms with Crippen molar-refractivity contribution in [2.75, 3.05) is 13.6 Å². The van der Waals surface area contributed by atoms with Crippen LogP contribution in [0.1, 0.15) is 92.4 Å². The van der Waals surface area contributed by atoms with Crippen LogP contribution in [0.5, 0.6) is 0 Å². The van der Waals surface area contributed by atoms with Gasteiger partial charge in [-0.25, -0.2) is 9.59 Å². The van der Waals surface area contributed by atoms with Gasteiger partial charge in [-0.2, -0.15) is 0 Å². The Morgan fingerprint density at radius 2 is 1.58 bits per heavy atom. The van der Waals surface area contributed by atoms with Crippen molar-refractivity contribution < 1.29 is 19.4 Å². The number of carboxylic acid groups (broad SMARTS) is 1. The predicted octanol–water partition coefficient (Wildman–Crippen LogP) is 7.17. The summed E-state index contributed by atoms with van der Waals surface area (Å²) >= 11 is 0. The van der Waals surface area contributed by atoms with Crippen LogP contribution in [0.4, 0.5) is 4.79 Å². The minimum atomic E-state index is -1.12. The van der Waals surface area contributed by atoms with Crippen LogP contribution in [0.3, 0.4) is 0 Å². The number of carboxylic acids is 1. The van der Waals surface area contributed by atoms with Gasteiger partial charge in [0.05, 0.1) is 5.60 Å². The minimum absolute atomic E-state index is 0.0461. The van der Waals surface area contributed by atoms with Crippen molar-refractivity contribution in [1.82, 2.24) is 9.80 Å². The molecule has 1 atom stereocenters. The SMILES string of the molecule is Cc1ccc(-c2c(C)c3c(c(C)c2C(OC(C)(C)C)C(=O)O)CN(C(=O)N(C)CC2CCCCC2)C3)cc1. The maximum atomic E-state index is 13.6. The zero-order valence-corrected chi connectivity index (χ0v) is 24.2. The Hall–Kier alpha value is -2.86. The maximum Gasteiger partial charge on any atom is 0.337 e. The molecule has 1 saturated carbocycles. The Morgan fingerprint density at radius 1 is 1.00 bits per heavy atom. The average Bonchev–Trinajstić information content (AvgIpc) is 3.31. The van der Waals surface area contributed by atoms with Gasteiger partial charge in [0.2, 0.25) is 0 Å². The number of rotatable bonds is 6. The van der Waals surface area contributed by atoms with Crippen molar-refractivity contribution >= 4 is 12.0 Å². The summed E-state index contributed by atoms with van der Waals surface area (Å²) < 4.78 is 6.18. The number of fused-ring (bicyclic) bond motifs is 1. The maximum absolute atomic E-state index is 13.6. The van der Waals surface area contributed by atoms with Crippen molar-refractivity contribution in [3.8, 4) is 11.1 Å². The van der Waals surface area contributed by atoms with Crippen LogP contribution in [0.2, 0.25) is 0 Å². The first kappa shape index (κ1) is 28.2. The molecule has 2 aromatic carbocycles. The number of aliphatic carboxylic acids is 1. The quantitative estimate of drug-likeness (QED) is 0.438. The molecule has 206 valence electrons. The Bertz CT molecular complexity index is 1190. The molecule has 2 aromatic rings. The zero-order valence-electron chi connectivity index (χ0n) is 24.2. The smallest absolute Gasteiger partial charge is 0.337 e. The summed E-state index contributed by atoms with van der Waals surface area (Å²) in [5, 5.41) is 10.3. The fourth-order valence-electron chi connectivity index (χ4n) is 6.24. The summed E-state index contributed by atoms with van der Waals surface area (Å²) in [4.78, 5) is 30.0. The molecule has 1 aliphatic heterocycles. The molecule has 1 heterocycles. The largest absolute Gasteiger partial charge is 0.479 e. The number of aryl methyl sites for hydroxylation is 1. The van der Waals surface area contributed by atoms with Crippen molar-refractivity contribution in [2.24, 2.45) is 5.92 Å². The van der Waals surface area contributed by atoms with Crippen molar-refractivity contribution in [3.63, 3.8) is 0 Å². The highest BCUT2D eigenvalue weighted by atomic mass is 16.5. The lowest BCUT2D eigenvalue weighted by molar-refractivity contribution is -0.160. The van der Waals surface area contributed by atoms with Crippen LogP contribution in [0.15, 0.2) is 24.3 Å². The predicted molar refractivity (Wildman–Crippen MR) is 151 cm³/mol. The molecule has 4 rings (SSSR count). The Balaban J connectivity index is 1.75.